The van der Waals surface area contributed by atoms with Gasteiger partial charge in [0.2, 0.25) is 5.91 Å². The molecule has 2 atom stereocenters. The van der Waals surface area contributed by atoms with Crippen LogP contribution in [0.1, 0.15) is 12.8 Å². The molecule has 5 nitrogen and oxygen atoms in total. The summed E-state index contributed by atoms with van der Waals surface area (Å²) in [5, 5.41) is 3.32. The van der Waals surface area contributed by atoms with Crippen LogP contribution in [0.15, 0.2) is 0 Å². The van der Waals surface area contributed by atoms with Crippen LogP contribution in [-0.4, -0.2) is 75.2 Å². The summed E-state index contributed by atoms with van der Waals surface area (Å²) in [4.78, 5) is 16.3. The lowest BCUT2D eigenvalue weighted by Gasteiger charge is -2.27. The minimum atomic E-state index is 0.194. The zero-order valence-electron chi connectivity index (χ0n) is 11.5. The van der Waals surface area contributed by atoms with Crippen LogP contribution in [-0.2, 0) is 9.53 Å². The van der Waals surface area contributed by atoms with Gasteiger partial charge >= 0.3 is 0 Å². The number of amides is 1. The average Bonchev–Trinajstić information content (AvgIpc) is 2.76. The predicted octanol–water partition coefficient (Wildman–Crippen LogP) is -0.225. The van der Waals surface area contributed by atoms with Gasteiger partial charge in [-0.3, -0.25) is 4.79 Å². The minimum Gasteiger partial charge on any atom is -0.378 e. The number of nitrogens with one attached hydrogen (secondary N) is 1. The highest BCUT2D eigenvalue weighted by Crippen LogP contribution is 2.15. The Balaban J connectivity index is 1.70. The number of carbonyl (C=O) groups excluding carboxylic acids is 1. The molecule has 18 heavy (non-hydrogen) atoms. The Bertz CT molecular complexity index is 279. The van der Waals surface area contributed by atoms with Crippen molar-refractivity contribution in [3.8, 4) is 0 Å². The first kappa shape index (κ1) is 13.8. The van der Waals surface area contributed by atoms with Crippen molar-refractivity contribution < 1.29 is 9.53 Å². The highest BCUT2D eigenvalue weighted by atomic mass is 16.5. The van der Waals surface area contributed by atoms with Gasteiger partial charge in [-0.1, -0.05) is 0 Å². The van der Waals surface area contributed by atoms with Crippen molar-refractivity contribution in [2.75, 3.05) is 53.5 Å². The molecule has 2 rings (SSSR count). The van der Waals surface area contributed by atoms with E-state index in [1.54, 1.807) is 0 Å². The van der Waals surface area contributed by atoms with E-state index in [0.717, 1.165) is 32.8 Å². The van der Waals surface area contributed by atoms with Gasteiger partial charge in [-0.15, -0.1) is 0 Å². The summed E-state index contributed by atoms with van der Waals surface area (Å²) in [5.41, 5.74) is 0. The summed E-state index contributed by atoms with van der Waals surface area (Å²) in [6.45, 7) is 5.43. The first-order chi connectivity index (χ1) is 8.65. The Morgan fingerprint density at radius 2 is 2.39 bits per heavy atom. The van der Waals surface area contributed by atoms with Crippen LogP contribution in [0.25, 0.3) is 0 Å². The molecule has 2 heterocycles. The Kier molecular flexibility index (Phi) is 4.97. The summed E-state index contributed by atoms with van der Waals surface area (Å²) in [6, 6.07) is 0.194. The van der Waals surface area contributed by atoms with Gasteiger partial charge in [-0.05, 0) is 25.9 Å². The van der Waals surface area contributed by atoms with E-state index in [0.29, 0.717) is 18.9 Å². The van der Waals surface area contributed by atoms with E-state index in [1.165, 1.54) is 6.42 Å². The van der Waals surface area contributed by atoms with Gasteiger partial charge in [0.05, 0.1) is 13.2 Å². The highest BCUT2D eigenvalue weighted by molar-refractivity contribution is 5.76. The van der Waals surface area contributed by atoms with Crippen molar-refractivity contribution in [3.05, 3.63) is 0 Å². The van der Waals surface area contributed by atoms with Gasteiger partial charge in [0.1, 0.15) is 0 Å². The van der Waals surface area contributed by atoms with Gasteiger partial charge in [0.15, 0.2) is 0 Å². The lowest BCUT2D eigenvalue weighted by molar-refractivity contribution is -0.131. The quantitative estimate of drug-likeness (QED) is 0.754. The normalized spacial score (nSPS) is 29.4. The average molecular weight is 255 g/mol. The fraction of sp³-hybridized carbons (Fsp3) is 0.923. The first-order valence-electron chi connectivity index (χ1n) is 6.89. The second-order valence-corrected chi connectivity index (χ2v) is 5.62. The number of carbonyl (C=O) groups is 1. The maximum absolute atomic E-state index is 12.1. The van der Waals surface area contributed by atoms with Crippen molar-refractivity contribution in [1.29, 1.82) is 0 Å². The van der Waals surface area contributed by atoms with E-state index < -0.39 is 0 Å². The van der Waals surface area contributed by atoms with E-state index in [4.69, 9.17) is 4.74 Å². The Morgan fingerprint density at radius 1 is 1.56 bits per heavy atom. The Morgan fingerprint density at radius 3 is 3.00 bits per heavy atom. The number of ether oxygens (including phenoxy) is 1. The van der Waals surface area contributed by atoms with Crippen molar-refractivity contribution in [1.82, 2.24) is 15.1 Å². The molecule has 0 aromatic heterocycles. The van der Waals surface area contributed by atoms with Crippen LogP contribution in [0.4, 0.5) is 0 Å². The Labute approximate surface area is 109 Å². The molecule has 104 valence electrons. The molecule has 2 aliphatic heterocycles. The molecule has 2 fully saturated rings. The van der Waals surface area contributed by atoms with Crippen LogP contribution < -0.4 is 5.32 Å². The summed E-state index contributed by atoms with van der Waals surface area (Å²) in [5.74, 6) is 0.868. The fourth-order valence-corrected chi connectivity index (χ4v) is 2.78. The van der Waals surface area contributed by atoms with Crippen molar-refractivity contribution in [2.45, 2.75) is 18.9 Å². The van der Waals surface area contributed by atoms with Gasteiger partial charge in [-0.25, -0.2) is 0 Å². The summed E-state index contributed by atoms with van der Waals surface area (Å²) in [7, 11) is 4.06. The molecule has 0 saturated carbocycles. The van der Waals surface area contributed by atoms with Crippen LogP contribution in [0.2, 0.25) is 0 Å². The molecule has 2 unspecified atom stereocenters. The number of hydrogen-bond donors (Lipinski definition) is 1. The minimum absolute atomic E-state index is 0.194. The predicted molar refractivity (Wildman–Crippen MR) is 70.5 cm³/mol. The third-order valence-electron chi connectivity index (χ3n) is 3.87. The maximum atomic E-state index is 12.1. The molecule has 2 aliphatic rings. The van der Waals surface area contributed by atoms with E-state index >= 15 is 0 Å². The van der Waals surface area contributed by atoms with Crippen LogP contribution in [0.5, 0.6) is 0 Å². The molecule has 1 N–H and O–H groups in total. The molecular weight excluding hydrogens is 230 g/mol. The lowest BCUT2D eigenvalue weighted by Crippen LogP contribution is -2.45. The zero-order valence-corrected chi connectivity index (χ0v) is 11.5. The molecule has 0 aliphatic carbocycles. The molecule has 0 aromatic carbocycles. The molecule has 2 saturated heterocycles. The maximum Gasteiger partial charge on any atom is 0.223 e. The van der Waals surface area contributed by atoms with E-state index in [1.807, 2.05) is 11.9 Å². The number of morpholine rings is 1. The largest absolute Gasteiger partial charge is 0.378 e. The Hall–Kier alpha value is -0.650. The number of likely N-dealkylation sites (tertiary alicyclic amines) is 1. The number of hydrogen-bond acceptors (Lipinski definition) is 4. The van der Waals surface area contributed by atoms with Gasteiger partial charge in [0.25, 0.3) is 0 Å². The molecule has 0 radical (unpaired) electrons. The fourth-order valence-electron chi connectivity index (χ4n) is 2.78. The summed E-state index contributed by atoms with van der Waals surface area (Å²) >= 11 is 0. The van der Waals surface area contributed by atoms with Crippen molar-refractivity contribution in [2.24, 2.45) is 5.92 Å². The number of nitrogens with zero attached hydrogens (tertiary/aromatic N) is 2. The third kappa shape index (κ3) is 3.93. The standard InChI is InChI=1S/C13H25N3O2/c1-15-5-3-11(8-15)9-16(2)13(17)7-12-10-18-6-4-14-12/h11-12,14H,3-10H2,1-2H3. The second-order valence-electron chi connectivity index (χ2n) is 5.62. The SMILES string of the molecule is CN1CCC(CN(C)C(=O)CC2COCCN2)C1. The monoisotopic (exact) mass is 255 g/mol. The lowest BCUT2D eigenvalue weighted by atomic mass is 10.1. The first-order valence-corrected chi connectivity index (χ1v) is 6.89. The molecular formula is C13H25N3O2. The molecule has 0 bridgehead atoms. The van der Waals surface area contributed by atoms with Gasteiger partial charge in [0, 0.05) is 39.1 Å². The summed E-state index contributed by atoms with van der Waals surface area (Å²) in [6.07, 6.45) is 1.76. The van der Waals surface area contributed by atoms with Crippen LogP contribution in [0, 0.1) is 5.92 Å². The van der Waals surface area contributed by atoms with Gasteiger partial charge in [-0.2, -0.15) is 0 Å². The van der Waals surface area contributed by atoms with E-state index in [-0.39, 0.29) is 11.9 Å². The molecule has 0 spiro atoms. The number of rotatable bonds is 4. The van der Waals surface area contributed by atoms with Crippen molar-refractivity contribution >= 4 is 5.91 Å². The molecule has 1 amide bonds. The van der Waals surface area contributed by atoms with Crippen LogP contribution >= 0.6 is 0 Å². The second kappa shape index (κ2) is 6.50. The highest BCUT2D eigenvalue weighted by Gasteiger charge is 2.24. The smallest absolute Gasteiger partial charge is 0.223 e. The van der Waals surface area contributed by atoms with E-state index in [9.17, 15) is 4.79 Å². The zero-order chi connectivity index (χ0) is 13.0. The van der Waals surface area contributed by atoms with Crippen LogP contribution in [0.3, 0.4) is 0 Å². The molecule has 5 heteroatoms. The van der Waals surface area contributed by atoms with Gasteiger partial charge < -0.3 is 19.9 Å². The third-order valence-corrected chi connectivity index (χ3v) is 3.87. The summed E-state index contributed by atoms with van der Waals surface area (Å²) < 4.78 is 5.37. The topological polar surface area (TPSA) is 44.8 Å². The molecule has 0 aromatic rings. The van der Waals surface area contributed by atoms with Crippen molar-refractivity contribution in [3.63, 3.8) is 0 Å². The van der Waals surface area contributed by atoms with E-state index in [2.05, 4.69) is 17.3 Å².